The van der Waals surface area contributed by atoms with Gasteiger partial charge in [-0.1, -0.05) is 43.8 Å². The van der Waals surface area contributed by atoms with Gasteiger partial charge in [0.05, 0.1) is 31.1 Å². The Labute approximate surface area is 365 Å². The van der Waals surface area contributed by atoms with Gasteiger partial charge in [0.25, 0.3) is 6.47 Å². The molecule has 0 saturated carbocycles. The summed E-state index contributed by atoms with van der Waals surface area (Å²) in [4.78, 5) is 63.6. The Morgan fingerprint density at radius 1 is 0.683 bits per heavy atom. The van der Waals surface area contributed by atoms with Gasteiger partial charge in [0.2, 0.25) is 5.88 Å². The van der Waals surface area contributed by atoms with Crippen molar-refractivity contribution in [2.45, 2.75) is 59.3 Å². The van der Waals surface area contributed by atoms with Crippen molar-refractivity contribution >= 4 is 24.4 Å². The summed E-state index contributed by atoms with van der Waals surface area (Å²) < 4.78 is 4.69. The van der Waals surface area contributed by atoms with E-state index in [1.807, 2.05) is 17.0 Å². The molecule has 0 aliphatic carbocycles. The molecule has 0 bridgehead atoms. The van der Waals surface area contributed by atoms with E-state index in [9.17, 15) is 34.5 Å². The van der Waals surface area contributed by atoms with Crippen LogP contribution in [-0.4, -0.2) is 133 Å². The number of benzene rings is 2. The number of carboxylic acid groups (broad SMARTS) is 3. The summed E-state index contributed by atoms with van der Waals surface area (Å²) in [6.07, 6.45) is 1.45. The molecule has 20 heteroatoms. The lowest BCUT2D eigenvalue weighted by atomic mass is 10.0. The van der Waals surface area contributed by atoms with Crippen LogP contribution in [0, 0.1) is 0 Å². The second-order valence-corrected chi connectivity index (χ2v) is 13.8. The highest BCUT2D eigenvalue weighted by Crippen LogP contribution is 2.23. The summed E-state index contributed by atoms with van der Waals surface area (Å²) in [5.74, 6) is -2.67. The predicted molar refractivity (Wildman–Crippen MR) is 228 cm³/mol. The van der Waals surface area contributed by atoms with E-state index in [1.165, 1.54) is 12.1 Å². The van der Waals surface area contributed by atoms with Gasteiger partial charge in [-0.15, -0.1) is 0 Å². The van der Waals surface area contributed by atoms with Gasteiger partial charge >= 0.3 is 17.9 Å². The summed E-state index contributed by atoms with van der Waals surface area (Å²) in [6, 6.07) is 20.1. The van der Waals surface area contributed by atoms with E-state index in [2.05, 4.69) is 35.1 Å². The fourth-order valence-electron chi connectivity index (χ4n) is 6.02. The Kier molecular flexibility index (Phi) is 25.3. The highest BCUT2D eigenvalue weighted by Gasteiger charge is 2.17. The molecule has 4 aromatic rings. The molecule has 0 radical (unpaired) electrons. The Hall–Kier alpha value is -6.10. The Morgan fingerprint density at radius 2 is 1.25 bits per heavy atom. The molecule has 0 aliphatic rings. The minimum atomic E-state index is -1.05. The van der Waals surface area contributed by atoms with Crippen molar-refractivity contribution in [1.29, 1.82) is 0 Å². The number of ether oxygens (including phenoxy) is 1. The van der Waals surface area contributed by atoms with Crippen LogP contribution in [-0.2, 0) is 63.2 Å². The number of hydrogen-bond donors (Lipinski definition) is 9. The number of phenols is 2. The maximum Gasteiger partial charge on any atom is 0.354 e. The molecule has 0 saturated heterocycles. The van der Waals surface area contributed by atoms with Crippen LogP contribution in [0.3, 0.4) is 0 Å². The van der Waals surface area contributed by atoms with Gasteiger partial charge in [-0.05, 0) is 60.7 Å². The van der Waals surface area contributed by atoms with Gasteiger partial charge < -0.3 is 40.9 Å². The zero-order valence-electron chi connectivity index (χ0n) is 34.1. The first-order valence-corrected chi connectivity index (χ1v) is 19.6. The van der Waals surface area contributed by atoms with Crippen LogP contribution in [0.15, 0.2) is 72.8 Å². The molecule has 0 atom stereocenters. The van der Waals surface area contributed by atoms with E-state index in [0.717, 1.165) is 16.8 Å². The number of aromatic hydroxyl groups is 2. The van der Waals surface area contributed by atoms with Crippen LogP contribution in [0.4, 0.5) is 0 Å². The first-order valence-electron chi connectivity index (χ1n) is 19.6. The highest BCUT2D eigenvalue weighted by atomic mass is 17.1. The molecule has 0 amide bonds. The van der Waals surface area contributed by atoms with E-state index >= 15 is 0 Å². The number of carbonyl (C=O) groups excluding carboxylic acids is 1. The third-order valence-corrected chi connectivity index (χ3v) is 9.06. The number of aryl methyl sites for hydroxylation is 2. The van der Waals surface area contributed by atoms with Crippen molar-refractivity contribution in [3.05, 3.63) is 112 Å². The number of aliphatic carboxylic acids is 2. The fourth-order valence-corrected chi connectivity index (χ4v) is 6.02. The van der Waals surface area contributed by atoms with E-state index in [-0.39, 0.29) is 76.2 Å². The number of nitrogens with one attached hydrogen (secondary N) is 2. The van der Waals surface area contributed by atoms with Crippen molar-refractivity contribution in [3.8, 4) is 17.4 Å². The minimum absolute atomic E-state index is 0. The molecular formula is C43H58N6O14. The first kappa shape index (κ1) is 53.0. The van der Waals surface area contributed by atoms with Gasteiger partial charge in [0.1, 0.15) is 17.2 Å². The summed E-state index contributed by atoms with van der Waals surface area (Å²) in [7, 11) is 0. The third kappa shape index (κ3) is 21.5. The lowest BCUT2D eigenvalue weighted by molar-refractivity contribution is -0.244. The summed E-state index contributed by atoms with van der Waals surface area (Å²) in [6.45, 7) is 4.02. The molecule has 344 valence electrons. The van der Waals surface area contributed by atoms with Crippen molar-refractivity contribution in [2.75, 3.05) is 52.5 Å². The summed E-state index contributed by atoms with van der Waals surface area (Å²) >= 11 is 0. The smallest absolute Gasteiger partial charge is 0.354 e. The molecule has 4 rings (SSSR count). The van der Waals surface area contributed by atoms with E-state index in [1.54, 1.807) is 53.4 Å². The largest absolute Gasteiger partial charge is 0.508 e. The topological polar surface area (TPSA) is 294 Å². The number of hydrogen-bond acceptors (Lipinski definition) is 17. The molecule has 20 nitrogen and oxygen atoms in total. The number of nitrogens with zero attached hydrogens (tertiary/aromatic N) is 4. The fraction of sp³-hybridized carbons (Fsp3) is 0.395. The van der Waals surface area contributed by atoms with E-state index < -0.39 is 17.9 Å². The Morgan fingerprint density at radius 3 is 1.83 bits per heavy atom. The number of aromatic nitrogens is 2. The van der Waals surface area contributed by atoms with Gasteiger partial charge in [0, 0.05) is 82.5 Å². The summed E-state index contributed by atoms with van der Waals surface area (Å²) in [5.41, 5.74) is 4.27. The molecule has 9 N–H and O–H groups in total. The number of carbonyl (C=O) groups is 4. The van der Waals surface area contributed by atoms with Gasteiger partial charge in [-0.2, -0.15) is 0 Å². The maximum absolute atomic E-state index is 11.5. The van der Waals surface area contributed by atoms with Crippen molar-refractivity contribution in [3.63, 3.8) is 0 Å². The normalized spacial score (nSPS) is 10.8. The predicted octanol–water partition coefficient (Wildman–Crippen LogP) is 3.64. The second-order valence-electron chi connectivity index (χ2n) is 13.8. The SMILES string of the molecule is C.O=C(O)CCc1ccc(O)c(CN(CCN(CCOO)Cc2cc(CCCOO)ccc2O)CC(=O)O)c1.O=COc1cccc(CNCCNCc2cccc(C(=O)O)n2)n1. The third-order valence-electron chi connectivity index (χ3n) is 9.06. The maximum atomic E-state index is 11.5. The number of phenolic OH excluding ortho intramolecular Hbond substituents is 2. The molecular weight excluding hydrogens is 825 g/mol. The van der Waals surface area contributed by atoms with Crippen molar-refractivity contribution < 1.29 is 69.7 Å². The molecule has 2 aromatic carbocycles. The second kappa shape index (κ2) is 30.0. The quantitative estimate of drug-likeness (QED) is 0.0163. The van der Waals surface area contributed by atoms with E-state index in [0.29, 0.717) is 81.9 Å². The number of aromatic carboxylic acids is 1. The summed E-state index contributed by atoms with van der Waals surface area (Å²) in [5, 5.41) is 71.7. The number of pyridine rings is 2. The number of rotatable bonds is 29. The van der Waals surface area contributed by atoms with Gasteiger partial charge in [-0.25, -0.2) is 24.5 Å². The van der Waals surface area contributed by atoms with Crippen molar-refractivity contribution in [2.24, 2.45) is 0 Å². The molecule has 0 unspecified atom stereocenters. The van der Waals surface area contributed by atoms with Crippen LogP contribution in [0.2, 0.25) is 0 Å². The van der Waals surface area contributed by atoms with E-state index in [4.69, 9.17) is 20.7 Å². The number of carboxylic acids is 3. The molecule has 2 heterocycles. The zero-order chi connectivity index (χ0) is 45.1. The van der Waals surface area contributed by atoms with Crippen molar-refractivity contribution in [1.82, 2.24) is 30.4 Å². The lowest BCUT2D eigenvalue weighted by Crippen LogP contribution is -2.38. The average Bonchev–Trinajstić information content (AvgIpc) is 3.24. The molecule has 0 aliphatic heterocycles. The molecule has 2 aromatic heterocycles. The molecule has 63 heavy (non-hydrogen) atoms. The first-order chi connectivity index (χ1) is 29.9. The Balaban J connectivity index is 0.000000470. The Bertz CT molecular complexity index is 2010. The van der Waals surface area contributed by atoms with Crippen LogP contribution in [0.5, 0.6) is 17.4 Å². The van der Waals surface area contributed by atoms with Crippen LogP contribution < -0.4 is 15.4 Å². The standard InChI is InChI=1S/C26H36N2O10.C16H18N4O4.CH4/c29-23-6-3-19(2-1-12-37-35)14-21(23)16-27(11-13-38-36)9-10-28(18-26(33)34)17-22-15-20(4-7-24(22)30)5-8-25(31)32;21-11-24-15-6-2-4-13(20-15)10-18-8-7-17-9-12-3-1-5-14(19-12)16(22)23;/h3-4,6-7,14-15,29-30,35-36H,1-2,5,8-13,16-18H2,(H,31,32)(H,33,34);1-6,11,17-18H,7-10H2,(H,22,23);1H4. The van der Waals surface area contributed by atoms with Crippen LogP contribution in [0.1, 0.15) is 64.4 Å². The van der Waals surface area contributed by atoms with Crippen LogP contribution >= 0.6 is 0 Å². The van der Waals surface area contributed by atoms with Crippen LogP contribution in [0.25, 0.3) is 0 Å². The molecule has 0 fully saturated rings. The highest BCUT2D eigenvalue weighted by molar-refractivity contribution is 5.85. The van der Waals surface area contributed by atoms with Gasteiger partial charge in [-0.3, -0.25) is 34.7 Å². The zero-order valence-corrected chi connectivity index (χ0v) is 34.1. The lowest BCUT2D eigenvalue weighted by Gasteiger charge is -2.27. The average molecular weight is 883 g/mol. The molecule has 0 spiro atoms. The minimum Gasteiger partial charge on any atom is -0.508 e. The monoisotopic (exact) mass is 882 g/mol. The van der Waals surface area contributed by atoms with Gasteiger partial charge in [0.15, 0.2) is 0 Å².